The van der Waals surface area contributed by atoms with E-state index in [9.17, 15) is 0 Å². The minimum absolute atomic E-state index is 0.494. The van der Waals surface area contributed by atoms with Gasteiger partial charge in [-0.3, -0.25) is 0 Å². The van der Waals surface area contributed by atoms with Crippen molar-refractivity contribution in [2.24, 2.45) is 0 Å². The van der Waals surface area contributed by atoms with E-state index in [0.29, 0.717) is 6.04 Å². The second kappa shape index (κ2) is 5.64. The average Bonchev–Trinajstić information content (AvgIpc) is 2.89. The van der Waals surface area contributed by atoms with Crippen LogP contribution in [0.5, 0.6) is 0 Å². The van der Waals surface area contributed by atoms with Crippen LogP contribution < -0.4 is 5.32 Å². The first-order chi connectivity index (χ1) is 7.78. The second-order valence-electron chi connectivity index (χ2n) is 4.55. The maximum absolute atomic E-state index is 4.53. The van der Waals surface area contributed by atoms with Crippen LogP contribution in [0.3, 0.4) is 0 Å². The normalized spacial score (nSPS) is 18.9. The first-order valence-electron chi connectivity index (χ1n) is 6.21. The third kappa shape index (κ3) is 3.19. The van der Waals surface area contributed by atoms with Gasteiger partial charge < -0.3 is 10.2 Å². The van der Waals surface area contributed by atoms with E-state index in [-0.39, 0.29) is 0 Å². The highest BCUT2D eigenvalue weighted by Crippen LogP contribution is 2.17. The van der Waals surface area contributed by atoms with E-state index in [1.54, 1.807) is 11.3 Å². The van der Waals surface area contributed by atoms with E-state index in [2.05, 4.69) is 34.4 Å². The molecule has 0 aromatic carbocycles. The zero-order chi connectivity index (χ0) is 11.4. The number of likely N-dealkylation sites (tertiary alicyclic amines) is 1. The Morgan fingerprint density at radius 2 is 2.25 bits per heavy atom. The molecule has 1 aromatic rings. The van der Waals surface area contributed by atoms with Crippen molar-refractivity contribution in [3.05, 3.63) is 11.1 Å². The SMILES string of the molecule is CCc1csc(NC(C)CN2CCCC2)n1. The van der Waals surface area contributed by atoms with Crippen molar-refractivity contribution in [1.82, 2.24) is 9.88 Å². The number of nitrogens with one attached hydrogen (secondary N) is 1. The summed E-state index contributed by atoms with van der Waals surface area (Å²) in [4.78, 5) is 7.07. The molecule has 0 spiro atoms. The summed E-state index contributed by atoms with van der Waals surface area (Å²) in [6.45, 7) is 8.06. The lowest BCUT2D eigenvalue weighted by molar-refractivity contribution is 0.328. The van der Waals surface area contributed by atoms with Crippen LogP contribution in [0.15, 0.2) is 5.38 Å². The van der Waals surface area contributed by atoms with Gasteiger partial charge in [0.1, 0.15) is 0 Å². The van der Waals surface area contributed by atoms with Crippen molar-refractivity contribution in [3.63, 3.8) is 0 Å². The van der Waals surface area contributed by atoms with Gasteiger partial charge in [-0.15, -0.1) is 11.3 Å². The minimum Gasteiger partial charge on any atom is -0.358 e. The number of anilines is 1. The van der Waals surface area contributed by atoms with Crippen LogP contribution >= 0.6 is 11.3 Å². The van der Waals surface area contributed by atoms with Gasteiger partial charge in [-0.05, 0) is 39.3 Å². The first-order valence-corrected chi connectivity index (χ1v) is 7.09. The lowest BCUT2D eigenvalue weighted by Gasteiger charge is -2.20. The molecule has 16 heavy (non-hydrogen) atoms. The van der Waals surface area contributed by atoms with Gasteiger partial charge in [0.15, 0.2) is 5.13 Å². The zero-order valence-electron chi connectivity index (χ0n) is 10.2. The van der Waals surface area contributed by atoms with Gasteiger partial charge in [-0.1, -0.05) is 6.92 Å². The molecular formula is C12H21N3S. The van der Waals surface area contributed by atoms with E-state index in [1.165, 1.54) is 31.6 Å². The lowest BCUT2D eigenvalue weighted by Crippen LogP contribution is -2.32. The fraction of sp³-hybridized carbons (Fsp3) is 0.750. The first kappa shape index (κ1) is 11.9. The molecule has 2 rings (SSSR count). The van der Waals surface area contributed by atoms with Crippen molar-refractivity contribution in [2.75, 3.05) is 25.0 Å². The van der Waals surface area contributed by atoms with Crippen LogP contribution in [0.2, 0.25) is 0 Å². The third-order valence-electron chi connectivity index (χ3n) is 3.01. The van der Waals surface area contributed by atoms with E-state index < -0.39 is 0 Å². The number of aryl methyl sites for hydroxylation is 1. The van der Waals surface area contributed by atoms with Gasteiger partial charge in [0.2, 0.25) is 0 Å². The van der Waals surface area contributed by atoms with Crippen molar-refractivity contribution in [2.45, 2.75) is 39.2 Å². The maximum atomic E-state index is 4.53. The maximum Gasteiger partial charge on any atom is 0.183 e. The molecule has 1 saturated heterocycles. The van der Waals surface area contributed by atoms with Gasteiger partial charge in [-0.25, -0.2) is 4.98 Å². The fourth-order valence-corrected chi connectivity index (χ4v) is 3.05. The highest BCUT2D eigenvalue weighted by atomic mass is 32.1. The standard InChI is InChI=1S/C12H21N3S/c1-3-11-9-16-12(14-11)13-10(2)8-15-6-4-5-7-15/h9-10H,3-8H2,1-2H3,(H,13,14). The molecule has 1 fully saturated rings. The van der Waals surface area contributed by atoms with E-state index in [0.717, 1.165) is 18.1 Å². The largest absolute Gasteiger partial charge is 0.358 e. The molecule has 3 nitrogen and oxygen atoms in total. The van der Waals surface area contributed by atoms with Crippen molar-refractivity contribution in [3.8, 4) is 0 Å². The van der Waals surface area contributed by atoms with Gasteiger partial charge in [-0.2, -0.15) is 0 Å². The predicted octanol–water partition coefficient (Wildman–Crippen LogP) is 2.60. The van der Waals surface area contributed by atoms with Crippen molar-refractivity contribution < 1.29 is 0 Å². The Hall–Kier alpha value is -0.610. The fourth-order valence-electron chi connectivity index (χ4n) is 2.14. The monoisotopic (exact) mass is 239 g/mol. The summed E-state index contributed by atoms with van der Waals surface area (Å²) in [5.74, 6) is 0. The Balaban J connectivity index is 1.79. The molecule has 90 valence electrons. The van der Waals surface area contributed by atoms with E-state index in [1.807, 2.05) is 0 Å². The molecule has 1 aliphatic rings. The molecule has 1 aliphatic heterocycles. The summed E-state index contributed by atoms with van der Waals surface area (Å²) in [5, 5.41) is 6.71. The van der Waals surface area contributed by atoms with Crippen molar-refractivity contribution >= 4 is 16.5 Å². The highest BCUT2D eigenvalue weighted by molar-refractivity contribution is 7.13. The number of hydrogen-bond donors (Lipinski definition) is 1. The molecule has 0 amide bonds. The van der Waals surface area contributed by atoms with Crippen LogP contribution in [-0.4, -0.2) is 35.6 Å². The van der Waals surface area contributed by atoms with Gasteiger partial charge in [0.25, 0.3) is 0 Å². The Labute approximate surface area is 102 Å². The Kier molecular flexibility index (Phi) is 4.18. The highest BCUT2D eigenvalue weighted by Gasteiger charge is 2.15. The summed E-state index contributed by atoms with van der Waals surface area (Å²) < 4.78 is 0. The van der Waals surface area contributed by atoms with Crippen molar-refractivity contribution in [1.29, 1.82) is 0 Å². The van der Waals surface area contributed by atoms with Gasteiger partial charge in [0.05, 0.1) is 5.69 Å². The molecule has 0 aliphatic carbocycles. The van der Waals surface area contributed by atoms with E-state index in [4.69, 9.17) is 0 Å². The number of hydrogen-bond acceptors (Lipinski definition) is 4. The quantitative estimate of drug-likeness (QED) is 0.856. The molecule has 0 bridgehead atoms. The van der Waals surface area contributed by atoms with Crippen LogP contribution in [0.1, 0.15) is 32.4 Å². The van der Waals surface area contributed by atoms with E-state index >= 15 is 0 Å². The van der Waals surface area contributed by atoms with Crippen LogP contribution in [0.25, 0.3) is 0 Å². The smallest absolute Gasteiger partial charge is 0.183 e. The third-order valence-corrected chi connectivity index (χ3v) is 3.84. The summed E-state index contributed by atoms with van der Waals surface area (Å²) in [6, 6.07) is 0.494. The van der Waals surface area contributed by atoms with Crippen LogP contribution in [0.4, 0.5) is 5.13 Å². The number of rotatable bonds is 5. The summed E-state index contributed by atoms with van der Waals surface area (Å²) >= 11 is 1.72. The molecule has 0 saturated carbocycles. The van der Waals surface area contributed by atoms with Crippen LogP contribution in [-0.2, 0) is 6.42 Å². The predicted molar refractivity (Wildman–Crippen MR) is 70.3 cm³/mol. The minimum atomic E-state index is 0.494. The second-order valence-corrected chi connectivity index (χ2v) is 5.41. The molecule has 1 atom stereocenters. The van der Waals surface area contributed by atoms with Gasteiger partial charge >= 0.3 is 0 Å². The average molecular weight is 239 g/mol. The zero-order valence-corrected chi connectivity index (χ0v) is 11.0. The summed E-state index contributed by atoms with van der Waals surface area (Å²) in [6.07, 6.45) is 3.76. The molecular weight excluding hydrogens is 218 g/mol. The molecule has 1 N–H and O–H groups in total. The Bertz CT molecular complexity index is 318. The Morgan fingerprint density at radius 3 is 2.88 bits per heavy atom. The molecule has 1 unspecified atom stereocenters. The summed E-state index contributed by atoms with van der Waals surface area (Å²) in [5.41, 5.74) is 1.20. The van der Waals surface area contributed by atoms with Crippen LogP contribution in [0, 0.1) is 0 Å². The summed E-state index contributed by atoms with van der Waals surface area (Å²) in [7, 11) is 0. The molecule has 1 aromatic heterocycles. The van der Waals surface area contributed by atoms with Gasteiger partial charge in [0, 0.05) is 18.0 Å². The number of aromatic nitrogens is 1. The Morgan fingerprint density at radius 1 is 1.50 bits per heavy atom. The number of thiazole rings is 1. The molecule has 4 heteroatoms. The lowest BCUT2D eigenvalue weighted by atomic mass is 10.3. The number of nitrogens with zero attached hydrogens (tertiary/aromatic N) is 2. The topological polar surface area (TPSA) is 28.2 Å². The molecule has 2 heterocycles. The molecule has 0 radical (unpaired) electrons.